The van der Waals surface area contributed by atoms with Crippen LogP contribution in [0.4, 0.5) is 0 Å². The molecule has 0 fully saturated rings. The molecule has 0 bridgehead atoms. The van der Waals surface area contributed by atoms with E-state index in [1.54, 1.807) is 24.4 Å². The van der Waals surface area contributed by atoms with Gasteiger partial charge in [-0.15, -0.1) is 0 Å². The first kappa shape index (κ1) is 9.80. The van der Waals surface area contributed by atoms with E-state index in [0.717, 1.165) is 11.8 Å². The highest BCUT2D eigenvalue weighted by Crippen LogP contribution is 2.20. The zero-order valence-corrected chi connectivity index (χ0v) is 8.48. The summed E-state index contributed by atoms with van der Waals surface area (Å²) in [5.41, 5.74) is 2.00. The molecule has 0 amide bonds. The molecule has 74 valence electrons. The third-order valence-corrected chi connectivity index (χ3v) is 2.17. The minimum Gasteiger partial charge on any atom is -0.298 e. The van der Waals surface area contributed by atoms with E-state index in [1.165, 1.54) is 0 Å². The first-order valence-electron chi connectivity index (χ1n) is 4.34. The predicted molar refractivity (Wildman–Crippen MR) is 57.9 cm³/mol. The lowest BCUT2D eigenvalue weighted by atomic mass is 10.1. The van der Waals surface area contributed by atoms with Crippen LogP contribution in [0.2, 0.25) is 5.28 Å². The lowest BCUT2D eigenvalue weighted by molar-refractivity contribution is 0.112. The summed E-state index contributed by atoms with van der Waals surface area (Å²) in [6.45, 7) is 0. The number of hydrogen-bond acceptors (Lipinski definition) is 3. The molecule has 0 radical (unpaired) electrons. The highest BCUT2D eigenvalue weighted by Gasteiger charge is 2.05. The molecule has 2 rings (SSSR count). The van der Waals surface area contributed by atoms with E-state index >= 15 is 0 Å². The molecule has 0 saturated heterocycles. The quantitative estimate of drug-likeness (QED) is 0.575. The van der Waals surface area contributed by atoms with Crippen LogP contribution >= 0.6 is 11.6 Å². The zero-order valence-electron chi connectivity index (χ0n) is 7.72. The predicted octanol–water partition coefficient (Wildman–Crippen LogP) is 2.61. The number of carbonyl (C=O) groups is 1. The Labute approximate surface area is 91.8 Å². The Morgan fingerprint density at radius 1 is 1.20 bits per heavy atom. The lowest BCUT2D eigenvalue weighted by Crippen LogP contribution is -1.91. The molecule has 3 nitrogen and oxygen atoms in total. The summed E-state index contributed by atoms with van der Waals surface area (Å²) in [6, 6.07) is 8.92. The summed E-state index contributed by atoms with van der Waals surface area (Å²) in [6.07, 6.45) is 2.36. The van der Waals surface area contributed by atoms with Crippen LogP contribution in [-0.2, 0) is 0 Å². The van der Waals surface area contributed by atoms with E-state index < -0.39 is 0 Å². The second-order valence-electron chi connectivity index (χ2n) is 2.92. The number of aldehydes is 1. The van der Waals surface area contributed by atoms with Crippen LogP contribution in [-0.4, -0.2) is 16.3 Å². The third kappa shape index (κ3) is 2.02. The van der Waals surface area contributed by atoms with Gasteiger partial charge in [0.15, 0.2) is 6.29 Å². The molecule has 15 heavy (non-hydrogen) atoms. The van der Waals surface area contributed by atoms with Crippen LogP contribution in [0.25, 0.3) is 11.3 Å². The SMILES string of the molecule is O=Cc1ccccc1-c1ccnc(Cl)n1. The van der Waals surface area contributed by atoms with Crippen LogP contribution in [0.5, 0.6) is 0 Å². The number of nitrogens with zero attached hydrogens (tertiary/aromatic N) is 2. The molecule has 0 saturated carbocycles. The van der Waals surface area contributed by atoms with Crippen molar-refractivity contribution in [3.8, 4) is 11.3 Å². The average molecular weight is 219 g/mol. The smallest absolute Gasteiger partial charge is 0.222 e. The van der Waals surface area contributed by atoms with Gasteiger partial charge in [-0.2, -0.15) is 0 Å². The van der Waals surface area contributed by atoms with E-state index in [-0.39, 0.29) is 5.28 Å². The molecule has 0 atom stereocenters. The van der Waals surface area contributed by atoms with Gasteiger partial charge in [-0.25, -0.2) is 9.97 Å². The van der Waals surface area contributed by atoms with Crippen molar-refractivity contribution in [3.63, 3.8) is 0 Å². The molecule has 0 aliphatic carbocycles. The van der Waals surface area contributed by atoms with Crippen molar-refractivity contribution < 1.29 is 4.79 Å². The minimum absolute atomic E-state index is 0.174. The maximum Gasteiger partial charge on any atom is 0.222 e. The van der Waals surface area contributed by atoms with E-state index in [9.17, 15) is 4.79 Å². The van der Waals surface area contributed by atoms with Crippen molar-refractivity contribution in [2.45, 2.75) is 0 Å². The fourth-order valence-electron chi connectivity index (χ4n) is 1.32. The van der Waals surface area contributed by atoms with Gasteiger partial charge >= 0.3 is 0 Å². The van der Waals surface area contributed by atoms with Gasteiger partial charge in [0.05, 0.1) is 5.69 Å². The van der Waals surface area contributed by atoms with E-state index in [2.05, 4.69) is 9.97 Å². The highest BCUT2D eigenvalue weighted by atomic mass is 35.5. The van der Waals surface area contributed by atoms with Gasteiger partial charge in [0.1, 0.15) is 0 Å². The van der Waals surface area contributed by atoms with Crippen molar-refractivity contribution >= 4 is 17.9 Å². The summed E-state index contributed by atoms with van der Waals surface area (Å²) in [4.78, 5) is 18.6. The summed E-state index contributed by atoms with van der Waals surface area (Å²) in [5, 5.41) is 0.174. The van der Waals surface area contributed by atoms with Gasteiger partial charge in [0, 0.05) is 17.3 Å². The number of aromatic nitrogens is 2. The first-order valence-corrected chi connectivity index (χ1v) is 4.72. The van der Waals surface area contributed by atoms with Crippen LogP contribution in [0.3, 0.4) is 0 Å². The number of carbonyl (C=O) groups excluding carboxylic acids is 1. The van der Waals surface area contributed by atoms with Crippen LogP contribution < -0.4 is 0 Å². The molecule has 4 heteroatoms. The van der Waals surface area contributed by atoms with Gasteiger partial charge in [-0.1, -0.05) is 24.3 Å². The fourth-order valence-corrected chi connectivity index (χ4v) is 1.47. The summed E-state index contributed by atoms with van der Waals surface area (Å²) in [7, 11) is 0. The standard InChI is InChI=1S/C11H7ClN2O/c12-11-13-6-5-10(14-11)9-4-2-1-3-8(9)7-15/h1-7H. The number of halogens is 1. The van der Waals surface area contributed by atoms with E-state index in [0.29, 0.717) is 11.3 Å². The third-order valence-electron chi connectivity index (χ3n) is 1.99. The van der Waals surface area contributed by atoms with Crippen LogP contribution in [0, 0.1) is 0 Å². The number of benzene rings is 1. The molecular weight excluding hydrogens is 212 g/mol. The maximum absolute atomic E-state index is 10.8. The topological polar surface area (TPSA) is 42.9 Å². The summed E-state index contributed by atoms with van der Waals surface area (Å²) < 4.78 is 0. The maximum atomic E-state index is 10.8. The van der Waals surface area contributed by atoms with Crippen LogP contribution in [0.15, 0.2) is 36.5 Å². The monoisotopic (exact) mass is 218 g/mol. The Hall–Kier alpha value is -1.74. The molecule has 1 aromatic carbocycles. The van der Waals surface area contributed by atoms with Crippen molar-refractivity contribution in [2.75, 3.05) is 0 Å². The number of hydrogen-bond donors (Lipinski definition) is 0. The Kier molecular flexibility index (Phi) is 2.74. The van der Waals surface area contributed by atoms with Gasteiger partial charge in [-0.3, -0.25) is 4.79 Å². The van der Waals surface area contributed by atoms with Gasteiger partial charge in [0.2, 0.25) is 5.28 Å². The van der Waals surface area contributed by atoms with Crippen LogP contribution in [0.1, 0.15) is 10.4 Å². The molecule has 0 aliphatic rings. The normalized spacial score (nSPS) is 9.93. The molecule has 0 N–H and O–H groups in total. The van der Waals surface area contributed by atoms with Crippen molar-refractivity contribution in [1.82, 2.24) is 9.97 Å². The number of rotatable bonds is 2. The second-order valence-corrected chi connectivity index (χ2v) is 3.25. The van der Waals surface area contributed by atoms with Gasteiger partial charge in [0.25, 0.3) is 0 Å². The van der Waals surface area contributed by atoms with E-state index in [4.69, 9.17) is 11.6 Å². The van der Waals surface area contributed by atoms with Gasteiger partial charge in [-0.05, 0) is 17.7 Å². The van der Waals surface area contributed by atoms with E-state index in [1.807, 2.05) is 12.1 Å². The average Bonchev–Trinajstić information content (AvgIpc) is 2.29. The minimum atomic E-state index is 0.174. The molecule has 1 aromatic heterocycles. The molecule has 0 aliphatic heterocycles. The van der Waals surface area contributed by atoms with Crippen molar-refractivity contribution in [1.29, 1.82) is 0 Å². The molecule has 0 unspecified atom stereocenters. The lowest BCUT2D eigenvalue weighted by Gasteiger charge is -2.02. The van der Waals surface area contributed by atoms with Crippen molar-refractivity contribution in [2.24, 2.45) is 0 Å². The Balaban J connectivity index is 2.58. The second kappa shape index (κ2) is 4.19. The largest absolute Gasteiger partial charge is 0.298 e. The highest BCUT2D eigenvalue weighted by molar-refractivity contribution is 6.28. The van der Waals surface area contributed by atoms with Gasteiger partial charge < -0.3 is 0 Å². The molecule has 1 heterocycles. The molecule has 2 aromatic rings. The summed E-state index contributed by atoms with van der Waals surface area (Å²) in [5.74, 6) is 0. The Morgan fingerprint density at radius 3 is 2.73 bits per heavy atom. The first-order chi connectivity index (χ1) is 7.31. The summed E-state index contributed by atoms with van der Waals surface area (Å²) >= 11 is 5.68. The Bertz CT molecular complexity index is 499. The molecular formula is C11H7ClN2O. The zero-order chi connectivity index (χ0) is 10.7. The van der Waals surface area contributed by atoms with Crippen molar-refractivity contribution in [3.05, 3.63) is 47.4 Å². The Morgan fingerprint density at radius 2 is 2.00 bits per heavy atom. The fraction of sp³-hybridized carbons (Fsp3) is 0. The molecule has 0 spiro atoms.